The minimum atomic E-state index is -0.939. The van der Waals surface area contributed by atoms with Crippen molar-refractivity contribution in [3.8, 4) is 0 Å². The number of carbonyl (C=O) groups excluding carboxylic acids is 2. The van der Waals surface area contributed by atoms with E-state index in [-0.39, 0.29) is 52.3 Å². The number of aliphatic hydroxyl groups excluding tert-OH is 2. The summed E-state index contributed by atoms with van der Waals surface area (Å²) in [4.78, 5) is 20.4. The maximum atomic E-state index is 10.2. The van der Waals surface area contributed by atoms with Crippen molar-refractivity contribution in [3.63, 3.8) is 0 Å². The number of aliphatic carboxylic acids is 2. The number of aliphatic hydroxyl groups is 2. The van der Waals surface area contributed by atoms with Gasteiger partial charge in [0.15, 0.2) is 0 Å². The number of carboxylic acids is 2. The van der Waals surface area contributed by atoms with E-state index in [1.807, 2.05) is 0 Å². The van der Waals surface area contributed by atoms with Crippen molar-refractivity contribution in [1.82, 2.24) is 0 Å². The Hall–Kier alpha value is -0.738. The second-order valence-electron chi connectivity index (χ2n) is 11.8. The Morgan fingerprint density at radius 3 is 1.19 bits per heavy atom. The van der Waals surface area contributed by atoms with Crippen molar-refractivity contribution in [2.45, 2.75) is 193 Å². The molecule has 0 rings (SSSR count). The largest absolute Gasteiger partial charge is 2.00 e. The van der Waals surface area contributed by atoms with Gasteiger partial charge in [-0.05, 0) is 77.0 Å². The van der Waals surface area contributed by atoms with Crippen molar-refractivity contribution in [2.24, 2.45) is 0 Å². The second kappa shape index (κ2) is 39.3. The predicted octanol–water partition coefficient (Wildman–Crippen LogP) is 7.11. The van der Waals surface area contributed by atoms with Gasteiger partial charge in [-0.2, -0.15) is 0 Å². The van der Waals surface area contributed by atoms with Crippen molar-refractivity contribution in [3.05, 3.63) is 24.3 Å². The quantitative estimate of drug-likeness (QED) is 0.0454. The molecule has 0 aromatic rings. The zero-order valence-electron chi connectivity index (χ0n) is 27.9. The minimum Gasteiger partial charge on any atom is -0.550 e. The molecule has 0 aliphatic rings. The molecule has 0 spiro atoms. The Labute approximate surface area is 285 Å². The first-order valence-corrected chi connectivity index (χ1v) is 17.4. The summed E-state index contributed by atoms with van der Waals surface area (Å²) >= 11 is 0. The molecule has 250 valence electrons. The predicted molar refractivity (Wildman–Crippen MR) is 177 cm³/mol. The molecule has 0 fully saturated rings. The summed E-state index contributed by atoms with van der Waals surface area (Å²) in [7, 11) is 0. The van der Waals surface area contributed by atoms with E-state index in [4.69, 9.17) is 0 Å². The van der Waals surface area contributed by atoms with E-state index in [0.717, 1.165) is 116 Å². The molecule has 0 aromatic carbocycles. The maximum Gasteiger partial charge on any atom is 2.00 e. The fourth-order valence-corrected chi connectivity index (χ4v) is 4.72. The van der Waals surface area contributed by atoms with Gasteiger partial charge in [0.25, 0.3) is 0 Å². The fourth-order valence-electron chi connectivity index (χ4n) is 4.72. The maximum absolute atomic E-state index is 10.2. The van der Waals surface area contributed by atoms with Gasteiger partial charge in [0.05, 0.1) is 12.2 Å². The van der Waals surface area contributed by atoms with Crippen LogP contribution in [0.15, 0.2) is 24.3 Å². The van der Waals surface area contributed by atoms with Crippen LogP contribution in [-0.4, -0.2) is 61.7 Å². The topological polar surface area (TPSA) is 121 Å². The van der Waals surface area contributed by atoms with E-state index >= 15 is 0 Å². The van der Waals surface area contributed by atoms with E-state index in [0.29, 0.717) is 0 Å². The molecule has 2 radical (unpaired) electrons. The van der Waals surface area contributed by atoms with E-state index in [2.05, 4.69) is 38.2 Å². The summed E-state index contributed by atoms with van der Waals surface area (Å²) in [6, 6.07) is 0. The van der Waals surface area contributed by atoms with E-state index in [1.54, 1.807) is 0 Å². The summed E-state index contributed by atoms with van der Waals surface area (Å²) in [5.41, 5.74) is 0. The van der Waals surface area contributed by atoms with Crippen LogP contribution in [0, 0.1) is 0 Å². The number of allylic oxidation sites excluding steroid dienone is 2. The molecule has 0 aromatic heterocycles. The number of hydrogen-bond acceptors (Lipinski definition) is 6. The Morgan fingerprint density at radius 1 is 0.512 bits per heavy atom. The van der Waals surface area contributed by atoms with Crippen LogP contribution >= 0.6 is 0 Å². The molecule has 0 heterocycles. The van der Waals surface area contributed by atoms with Gasteiger partial charge in [0.2, 0.25) is 0 Å². The molecule has 0 saturated carbocycles. The number of carboxylic acid groups (broad SMARTS) is 2. The first-order valence-electron chi connectivity index (χ1n) is 17.4. The Balaban J connectivity index is -0.000000727. The van der Waals surface area contributed by atoms with Gasteiger partial charge >= 0.3 is 27.3 Å². The average molecular weight is 802 g/mol. The van der Waals surface area contributed by atoms with Gasteiger partial charge in [-0.3, -0.25) is 0 Å². The number of carbonyl (C=O) groups is 2. The van der Waals surface area contributed by atoms with Crippen LogP contribution in [0.5, 0.6) is 0 Å². The van der Waals surface area contributed by atoms with Crippen molar-refractivity contribution >= 4 is 39.2 Å². The second-order valence-corrected chi connectivity index (χ2v) is 11.8. The monoisotopic (exact) mass is 802 g/mol. The van der Waals surface area contributed by atoms with Crippen LogP contribution < -0.4 is 10.2 Å². The first kappa shape index (κ1) is 46.7. The van der Waals surface area contributed by atoms with Crippen molar-refractivity contribution in [2.75, 3.05) is 0 Å². The molecule has 6 nitrogen and oxygen atoms in total. The molecule has 2 N–H and O–H groups in total. The molecular formula is C36H66O6Pb. The summed E-state index contributed by atoms with van der Waals surface area (Å²) < 4.78 is 0. The molecule has 0 aliphatic carbocycles. The molecule has 7 heteroatoms. The van der Waals surface area contributed by atoms with Crippen LogP contribution in [0.4, 0.5) is 0 Å². The number of rotatable bonds is 30. The van der Waals surface area contributed by atoms with Crippen LogP contribution in [0.2, 0.25) is 0 Å². The van der Waals surface area contributed by atoms with Gasteiger partial charge in [0, 0.05) is 11.9 Å². The van der Waals surface area contributed by atoms with Crippen molar-refractivity contribution in [1.29, 1.82) is 0 Å². The summed E-state index contributed by atoms with van der Waals surface area (Å²) in [6.45, 7) is 4.39. The Morgan fingerprint density at radius 2 is 0.837 bits per heavy atom. The molecule has 0 amide bonds. The zero-order valence-corrected chi connectivity index (χ0v) is 31.8. The molecule has 2 atom stereocenters. The molecule has 0 saturated heterocycles. The van der Waals surface area contributed by atoms with Gasteiger partial charge in [0.1, 0.15) is 0 Å². The average Bonchev–Trinajstić information content (AvgIpc) is 2.95. The van der Waals surface area contributed by atoms with Gasteiger partial charge in [-0.25, -0.2) is 0 Å². The standard InChI is InChI=1S/2C18H34O3.Pb/c2*1-2-3-4-11-14-17(19)15-12-9-7-5-6-8-10-13-16-18(20)21;/h2*9,12,17,19H,2-8,10-11,13-16H2,1H3,(H,20,21);/q;;+2/p-2/t2*17-;/m11./s1. The molecule has 43 heavy (non-hydrogen) atoms. The van der Waals surface area contributed by atoms with Crippen LogP contribution in [0.3, 0.4) is 0 Å². The number of hydrogen-bond donors (Lipinski definition) is 2. The summed E-state index contributed by atoms with van der Waals surface area (Å²) in [5, 5.41) is 40.0. The third kappa shape index (κ3) is 45.8. The van der Waals surface area contributed by atoms with Crippen LogP contribution in [0.25, 0.3) is 0 Å². The minimum absolute atomic E-state index is 0. The van der Waals surface area contributed by atoms with E-state index in [9.17, 15) is 30.0 Å². The third-order valence-electron chi connectivity index (χ3n) is 7.43. The zero-order chi connectivity index (χ0) is 31.5. The van der Waals surface area contributed by atoms with Crippen LogP contribution in [-0.2, 0) is 9.59 Å². The van der Waals surface area contributed by atoms with Crippen LogP contribution in [0.1, 0.15) is 181 Å². The normalized spacial score (nSPS) is 12.6. The molecule has 0 bridgehead atoms. The van der Waals surface area contributed by atoms with Gasteiger partial charge in [-0.15, -0.1) is 0 Å². The van der Waals surface area contributed by atoms with Gasteiger partial charge < -0.3 is 30.0 Å². The smallest absolute Gasteiger partial charge is 0.550 e. The Bertz CT molecular complexity index is 583. The van der Waals surface area contributed by atoms with Crippen molar-refractivity contribution < 1.29 is 30.0 Å². The summed E-state index contributed by atoms with van der Waals surface area (Å²) in [6.07, 6.45) is 34.0. The molecular weight excluding hydrogens is 736 g/mol. The van der Waals surface area contributed by atoms with E-state index < -0.39 is 11.9 Å². The summed E-state index contributed by atoms with van der Waals surface area (Å²) in [5.74, 6) is -1.88. The first-order chi connectivity index (χ1) is 20.3. The third-order valence-corrected chi connectivity index (χ3v) is 7.43. The van der Waals surface area contributed by atoms with E-state index in [1.165, 1.54) is 38.5 Å². The molecule has 0 aliphatic heterocycles. The number of unbranched alkanes of at least 4 members (excludes halogenated alkanes) is 16. The van der Waals surface area contributed by atoms with Gasteiger partial charge in [-0.1, -0.05) is 128 Å². The fraction of sp³-hybridized carbons (Fsp3) is 0.833. The molecule has 0 unspecified atom stereocenters. The SMILES string of the molecule is CCCCCC[C@@H](O)CC=CCCCCCCCC(=O)[O-].CCCCCC[C@@H](O)CC=CCCCCCCCC(=O)[O-].[Pb+2]. The Kier molecular flexibility index (Phi) is 42.6.